The molecule has 4 aromatic rings. The number of carbonyl (C=O) groups is 1. The Morgan fingerprint density at radius 2 is 1.60 bits per heavy atom. The van der Waals surface area contributed by atoms with E-state index in [1.807, 2.05) is 70.7 Å². The van der Waals surface area contributed by atoms with Crippen LogP contribution in [0.1, 0.15) is 24.2 Å². The van der Waals surface area contributed by atoms with Crippen LogP contribution in [-0.2, 0) is 4.79 Å². The average molecular weight is 394 g/mol. The van der Waals surface area contributed by atoms with Gasteiger partial charge in [-0.25, -0.2) is 5.01 Å². The van der Waals surface area contributed by atoms with Crippen molar-refractivity contribution in [3.8, 4) is 0 Å². The number of carbonyl (C=O) groups excluding carboxylic acids is 1. The van der Waals surface area contributed by atoms with E-state index in [0.29, 0.717) is 5.84 Å². The highest BCUT2D eigenvalue weighted by atomic mass is 16.1. The van der Waals surface area contributed by atoms with Gasteiger partial charge in [0, 0.05) is 35.3 Å². The van der Waals surface area contributed by atoms with Crippen molar-refractivity contribution in [3.63, 3.8) is 0 Å². The van der Waals surface area contributed by atoms with Crippen molar-refractivity contribution in [1.82, 2.24) is 4.98 Å². The van der Waals surface area contributed by atoms with Crippen LogP contribution in [0.4, 0.5) is 11.4 Å². The van der Waals surface area contributed by atoms with Gasteiger partial charge in [0.25, 0.3) is 0 Å². The average Bonchev–Trinajstić information content (AvgIpc) is 3.36. The summed E-state index contributed by atoms with van der Waals surface area (Å²) < 4.78 is 0. The molecule has 0 amide bonds. The lowest BCUT2D eigenvalue weighted by Crippen LogP contribution is -2.37. The molecule has 1 aromatic heterocycles. The number of H-pyrrole nitrogens is 1. The minimum absolute atomic E-state index is 0.0705. The van der Waals surface area contributed by atoms with Crippen LogP contribution in [-0.4, -0.2) is 16.6 Å². The number of Topliss-reactive ketones (excluding diaryl/α,β-unsaturated/α-hetero) is 1. The number of nitrogens with one attached hydrogen (secondary N) is 1. The molecular formula is C25H22N4O. The first-order chi connectivity index (χ1) is 14.6. The van der Waals surface area contributed by atoms with Crippen molar-refractivity contribution in [2.24, 2.45) is 5.10 Å². The molecule has 0 fully saturated rings. The Bertz CT molecular complexity index is 1240. The van der Waals surface area contributed by atoms with Crippen LogP contribution < -0.4 is 9.91 Å². The fourth-order valence-corrected chi connectivity index (χ4v) is 4.00. The van der Waals surface area contributed by atoms with Crippen LogP contribution in [0.5, 0.6) is 0 Å². The number of hydrazone groups is 1. The summed E-state index contributed by atoms with van der Waals surface area (Å²) >= 11 is 0. The molecule has 0 saturated heterocycles. The number of aryl methyl sites for hydroxylation is 1. The Hall–Kier alpha value is -3.86. The van der Waals surface area contributed by atoms with E-state index in [9.17, 15) is 4.79 Å². The van der Waals surface area contributed by atoms with E-state index in [1.54, 1.807) is 6.92 Å². The van der Waals surface area contributed by atoms with E-state index in [2.05, 4.69) is 36.2 Å². The summed E-state index contributed by atoms with van der Waals surface area (Å²) in [5.74, 6) is 0.358. The monoisotopic (exact) mass is 394 g/mol. The van der Waals surface area contributed by atoms with E-state index < -0.39 is 0 Å². The van der Waals surface area contributed by atoms with Crippen LogP contribution >= 0.6 is 0 Å². The van der Waals surface area contributed by atoms with E-state index in [4.69, 9.17) is 5.10 Å². The van der Waals surface area contributed by atoms with E-state index >= 15 is 0 Å². The third-order valence-electron chi connectivity index (χ3n) is 5.45. The van der Waals surface area contributed by atoms with Crippen molar-refractivity contribution in [3.05, 3.63) is 96.2 Å². The minimum atomic E-state index is -0.287. The van der Waals surface area contributed by atoms with Gasteiger partial charge in [-0.05, 0) is 37.3 Å². The molecule has 3 aromatic carbocycles. The van der Waals surface area contributed by atoms with Gasteiger partial charge in [0.1, 0.15) is 0 Å². The lowest BCUT2D eigenvalue weighted by molar-refractivity contribution is -0.111. The maximum Gasteiger partial charge on any atom is 0.198 e. The van der Waals surface area contributed by atoms with Crippen molar-refractivity contribution < 1.29 is 4.79 Å². The van der Waals surface area contributed by atoms with Gasteiger partial charge in [-0.1, -0.05) is 54.1 Å². The van der Waals surface area contributed by atoms with Gasteiger partial charge in [-0.2, -0.15) is 0 Å². The number of aromatic amines is 1. The first kappa shape index (κ1) is 18.2. The highest BCUT2D eigenvalue weighted by molar-refractivity contribution is 6.44. The molecule has 5 rings (SSSR count). The van der Waals surface area contributed by atoms with Gasteiger partial charge in [-0.15, -0.1) is 5.10 Å². The number of hydrogen-bond donors (Lipinski definition) is 1. The Labute approximate surface area is 175 Å². The molecule has 1 unspecified atom stereocenters. The summed E-state index contributed by atoms with van der Waals surface area (Å²) in [5.41, 5.74) is 5.16. The lowest BCUT2D eigenvalue weighted by atomic mass is 10.1. The van der Waals surface area contributed by atoms with Gasteiger partial charge < -0.3 is 4.98 Å². The molecule has 2 heterocycles. The van der Waals surface area contributed by atoms with Gasteiger partial charge in [0.05, 0.1) is 5.69 Å². The maximum atomic E-state index is 12.6. The largest absolute Gasteiger partial charge is 0.361 e. The molecule has 0 aliphatic carbocycles. The summed E-state index contributed by atoms with van der Waals surface area (Å²) in [6.45, 7) is 3.63. The molecule has 1 aliphatic rings. The number of para-hydroxylation sites is 2. The number of hydrogen-bond acceptors (Lipinski definition) is 4. The number of amidine groups is 1. The molecule has 0 bridgehead atoms. The lowest BCUT2D eigenvalue weighted by Gasteiger charge is -2.31. The number of aromatic nitrogens is 1. The van der Waals surface area contributed by atoms with Crippen LogP contribution in [0.25, 0.3) is 10.9 Å². The Morgan fingerprint density at radius 1 is 0.900 bits per heavy atom. The van der Waals surface area contributed by atoms with Crippen LogP contribution in [0.3, 0.4) is 0 Å². The number of anilines is 2. The summed E-state index contributed by atoms with van der Waals surface area (Å²) in [7, 11) is 0. The molecule has 5 heteroatoms. The normalized spacial score (nSPS) is 16.2. The van der Waals surface area contributed by atoms with Crippen molar-refractivity contribution in [2.45, 2.75) is 20.0 Å². The van der Waals surface area contributed by atoms with E-state index in [-0.39, 0.29) is 11.9 Å². The second kappa shape index (κ2) is 7.19. The SMILES string of the molecule is CC(=O)C1=NN(c2ccccc2)C(c2c[nH]c3ccccc23)N1c1ccc(C)cc1. The molecular weight excluding hydrogens is 372 g/mol. The Kier molecular flexibility index (Phi) is 4.36. The Morgan fingerprint density at radius 3 is 2.33 bits per heavy atom. The molecule has 1 N–H and O–H groups in total. The number of ketones is 1. The molecule has 1 aliphatic heterocycles. The van der Waals surface area contributed by atoms with Crippen molar-refractivity contribution in [2.75, 3.05) is 9.91 Å². The second-order valence-corrected chi connectivity index (χ2v) is 7.53. The minimum Gasteiger partial charge on any atom is -0.361 e. The van der Waals surface area contributed by atoms with E-state index in [0.717, 1.165) is 27.8 Å². The van der Waals surface area contributed by atoms with Gasteiger partial charge in [0.15, 0.2) is 17.8 Å². The van der Waals surface area contributed by atoms with Crippen molar-refractivity contribution in [1.29, 1.82) is 0 Å². The first-order valence-electron chi connectivity index (χ1n) is 9.99. The Balaban J connectivity index is 1.74. The van der Waals surface area contributed by atoms with Crippen LogP contribution in [0.2, 0.25) is 0 Å². The summed E-state index contributed by atoms with van der Waals surface area (Å²) in [5, 5.41) is 7.84. The van der Waals surface area contributed by atoms with E-state index in [1.165, 1.54) is 5.56 Å². The number of rotatable bonds is 4. The number of benzene rings is 3. The topological polar surface area (TPSA) is 51.7 Å². The highest BCUT2D eigenvalue weighted by Crippen LogP contribution is 2.41. The summed E-state index contributed by atoms with van der Waals surface area (Å²) in [6.07, 6.45) is 1.73. The summed E-state index contributed by atoms with van der Waals surface area (Å²) in [4.78, 5) is 18.1. The zero-order valence-corrected chi connectivity index (χ0v) is 16.9. The van der Waals surface area contributed by atoms with Gasteiger partial charge >= 0.3 is 0 Å². The fraction of sp³-hybridized carbons (Fsp3) is 0.120. The van der Waals surface area contributed by atoms with Crippen LogP contribution in [0, 0.1) is 6.92 Å². The maximum absolute atomic E-state index is 12.6. The zero-order valence-electron chi connectivity index (χ0n) is 16.9. The second-order valence-electron chi connectivity index (χ2n) is 7.53. The standard InChI is InChI=1S/C25H22N4O/c1-17-12-14-19(15-13-17)28-24(18(2)30)27-29(20-8-4-3-5-9-20)25(28)22-16-26-23-11-7-6-10-21(22)23/h3-16,25-26H,1-2H3. The van der Waals surface area contributed by atoms with Gasteiger partial charge in [0.2, 0.25) is 0 Å². The molecule has 1 atom stereocenters. The predicted octanol–water partition coefficient (Wildman–Crippen LogP) is 5.40. The highest BCUT2D eigenvalue weighted by Gasteiger charge is 2.40. The van der Waals surface area contributed by atoms with Crippen LogP contribution in [0.15, 0.2) is 90.2 Å². The quantitative estimate of drug-likeness (QED) is 0.504. The molecule has 5 nitrogen and oxygen atoms in total. The number of nitrogens with zero attached hydrogens (tertiary/aromatic N) is 3. The smallest absolute Gasteiger partial charge is 0.198 e. The third kappa shape index (κ3) is 2.95. The summed E-state index contributed by atoms with van der Waals surface area (Å²) in [6, 6.07) is 26.4. The fourth-order valence-electron chi connectivity index (χ4n) is 4.00. The van der Waals surface area contributed by atoms with Gasteiger partial charge in [-0.3, -0.25) is 9.69 Å². The molecule has 0 saturated carbocycles. The third-order valence-corrected chi connectivity index (χ3v) is 5.45. The molecule has 0 radical (unpaired) electrons. The molecule has 0 spiro atoms. The zero-order chi connectivity index (χ0) is 20.7. The van der Waals surface area contributed by atoms with Crippen molar-refractivity contribution >= 4 is 33.9 Å². The predicted molar refractivity (Wildman–Crippen MR) is 122 cm³/mol. The molecule has 30 heavy (non-hydrogen) atoms. The first-order valence-corrected chi connectivity index (χ1v) is 9.99. The number of fused-ring (bicyclic) bond motifs is 1. The molecule has 148 valence electrons.